The van der Waals surface area contributed by atoms with E-state index in [4.69, 9.17) is 14.2 Å². The fourth-order valence-electron chi connectivity index (χ4n) is 3.05. The average Bonchev–Trinajstić information content (AvgIpc) is 3.13. The zero-order chi connectivity index (χ0) is 17.3. The zero-order valence-electron chi connectivity index (χ0n) is 14.3. The third-order valence-electron chi connectivity index (χ3n) is 4.36. The molecule has 2 aromatic rings. The SMILES string of the molecule is COC(=O)c1sc2c(c1C)CN(Cc1ccc(OC)cc1OC)C2. The molecule has 0 bridgehead atoms. The van der Waals surface area contributed by atoms with Crippen LogP contribution in [0, 0.1) is 6.92 Å². The fourth-order valence-corrected chi connectivity index (χ4v) is 4.32. The van der Waals surface area contributed by atoms with Gasteiger partial charge in [-0.2, -0.15) is 0 Å². The van der Waals surface area contributed by atoms with Gasteiger partial charge in [0, 0.05) is 36.1 Å². The third-order valence-corrected chi connectivity index (χ3v) is 5.66. The second-order valence-electron chi connectivity index (χ2n) is 5.77. The van der Waals surface area contributed by atoms with Crippen LogP contribution in [0.2, 0.25) is 0 Å². The van der Waals surface area contributed by atoms with E-state index in [1.54, 1.807) is 25.6 Å². The minimum absolute atomic E-state index is 0.240. The Balaban J connectivity index is 1.76. The minimum Gasteiger partial charge on any atom is -0.497 e. The molecule has 0 spiro atoms. The molecule has 0 atom stereocenters. The van der Waals surface area contributed by atoms with Crippen LogP contribution in [0.1, 0.15) is 31.2 Å². The molecule has 1 aliphatic rings. The van der Waals surface area contributed by atoms with E-state index < -0.39 is 0 Å². The summed E-state index contributed by atoms with van der Waals surface area (Å²) < 4.78 is 15.6. The highest BCUT2D eigenvalue weighted by Crippen LogP contribution is 2.37. The van der Waals surface area contributed by atoms with Gasteiger partial charge >= 0.3 is 5.97 Å². The van der Waals surface area contributed by atoms with Gasteiger partial charge in [0.15, 0.2) is 0 Å². The molecule has 1 aromatic carbocycles. The quantitative estimate of drug-likeness (QED) is 0.776. The molecular formula is C18H21NO4S. The smallest absolute Gasteiger partial charge is 0.348 e. The zero-order valence-corrected chi connectivity index (χ0v) is 15.2. The van der Waals surface area contributed by atoms with Gasteiger partial charge in [0.05, 0.1) is 21.3 Å². The van der Waals surface area contributed by atoms with Crippen LogP contribution >= 0.6 is 11.3 Å². The topological polar surface area (TPSA) is 48.0 Å². The van der Waals surface area contributed by atoms with Gasteiger partial charge in [-0.3, -0.25) is 4.90 Å². The van der Waals surface area contributed by atoms with Crippen molar-refractivity contribution in [2.45, 2.75) is 26.6 Å². The number of benzene rings is 1. The maximum atomic E-state index is 11.8. The number of rotatable bonds is 5. The second kappa shape index (κ2) is 6.83. The van der Waals surface area contributed by atoms with Crippen molar-refractivity contribution in [2.75, 3.05) is 21.3 Å². The molecule has 3 rings (SSSR count). The second-order valence-corrected chi connectivity index (χ2v) is 6.88. The predicted octanol–water partition coefficient (Wildman–Crippen LogP) is 3.38. The lowest BCUT2D eigenvalue weighted by Crippen LogP contribution is -2.17. The van der Waals surface area contributed by atoms with E-state index in [0.29, 0.717) is 0 Å². The number of carbonyl (C=O) groups excluding carboxylic acids is 1. The number of fused-ring (bicyclic) bond motifs is 1. The van der Waals surface area contributed by atoms with E-state index in [9.17, 15) is 4.79 Å². The van der Waals surface area contributed by atoms with Crippen molar-refractivity contribution < 1.29 is 19.0 Å². The maximum absolute atomic E-state index is 11.8. The van der Waals surface area contributed by atoms with Gasteiger partial charge < -0.3 is 14.2 Å². The van der Waals surface area contributed by atoms with Crippen molar-refractivity contribution in [1.82, 2.24) is 4.90 Å². The summed E-state index contributed by atoms with van der Waals surface area (Å²) in [6.07, 6.45) is 0. The van der Waals surface area contributed by atoms with Crippen molar-refractivity contribution in [3.63, 3.8) is 0 Å². The summed E-state index contributed by atoms with van der Waals surface area (Å²) >= 11 is 1.54. The van der Waals surface area contributed by atoms with Crippen molar-refractivity contribution in [2.24, 2.45) is 0 Å². The summed E-state index contributed by atoms with van der Waals surface area (Å²) in [6, 6.07) is 5.89. The molecule has 0 saturated heterocycles. The Bertz CT molecular complexity index is 769. The van der Waals surface area contributed by atoms with E-state index in [1.807, 2.05) is 25.1 Å². The summed E-state index contributed by atoms with van der Waals surface area (Å²) in [5, 5.41) is 0. The average molecular weight is 347 g/mol. The number of thiophene rings is 1. The molecule has 0 saturated carbocycles. The molecule has 0 radical (unpaired) electrons. The first-order chi connectivity index (χ1) is 11.6. The lowest BCUT2D eigenvalue weighted by molar-refractivity contribution is 0.0605. The van der Waals surface area contributed by atoms with E-state index >= 15 is 0 Å². The normalized spacial score (nSPS) is 13.7. The highest BCUT2D eigenvalue weighted by atomic mass is 32.1. The number of ether oxygens (including phenoxy) is 3. The summed E-state index contributed by atoms with van der Waals surface area (Å²) in [6.45, 7) is 4.47. The van der Waals surface area contributed by atoms with Gasteiger partial charge in [-0.1, -0.05) is 6.07 Å². The van der Waals surface area contributed by atoms with Crippen molar-refractivity contribution in [3.8, 4) is 11.5 Å². The lowest BCUT2D eigenvalue weighted by atomic mass is 10.1. The molecular weight excluding hydrogens is 326 g/mol. The number of carbonyl (C=O) groups is 1. The first kappa shape index (κ1) is 16.8. The van der Waals surface area contributed by atoms with Gasteiger partial charge in [-0.25, -0.2) is 4.79 Å². The Labute approximate surface area is 145 Å². The van der Waals surface area contributed by atoms with Crippen LogP contribution in [-0.4, -0.2) is 32.2 Å². The molecule has 1 aromatic heterocycles. The molecule has 1 aliphatic heterocycles. The van der Waals surface area contributed by atoms with Crippen LogP contribution in [0.5, 0.6) is 11.5 Å². The van der Waals surface area contributed by atoms with Gasteiger partial charge in [0.25, 0.3) is 0 Å². The van der Waals surface area contributed by atoms with Crippen LogP contribution in [0.4, 0.5) is 0 Å². The molecule has 128 valence electrons. The maximum Gasteiger partial charge on any atom is 0.348 e. The van der Waals surface area contributed by atoms with Gasteiger partial charge in [0.2, 0.25) is 0 Å². The fraction of sp³-hybridized carbons (Fsp3) is 0.389. The Kier molecular flexibility index (Phi) is 4.78. The Morgan fingerprint density at radius 2 is 2.00 bits per heavy atom. The Hall–Kier alpha value is -2.05. The molecule has 0 amide bonds. The molecule has 5 nitrogen and oxygen atoms in total. The molecule has 0 aliphatic carbocycles. The van der Waals surface area contributed by atoms with Gasteiger partial charge in [-0.15, -0.1) is 11.3 Å². The van der Waals surface area contributed by atoms with Crippen LogP contribution in [-0.2, 0) is 24.4 Å². The number of esters is 1. The molecule has 24 heavy (non-hydrogen) atoms. The molecule has 0 fully saturated rings. The van der Waals surface area contributed by atoms with E-state index in [-0.39, 0.29) is 5.97 Å². The third kappa shape index (κ3) is 2.99. The summed E-state index contributed by atoms with van der Waals surface area (Å²) in [4.78, 5) is 16.1. The van der Waals surface area contributed by atoms with Crippen LogP contribution in [0.3, 0.4) is 0 Å². The molecule has 0 N–H and O–H groups in total. The van der Waals surface area contributed by atoms with E-state index in [2.05, 4.69) is 4.90 Å². The number of methoxy groups -OCH3 is 3. The monoisotopic (exact) mass is 347 g/mol. The molecule has 6 heteroatoms. The summed E-state index contributed by atoms with van der Waals surface area (Å²) in [5.74, 6) is 1.38. The first-order valence-corrected chi connectivity index (χ1v) is 8.51. The van der Waals surface area contributed by atoms with E-state index in [0.717, 1.165) is 47.1 Å². The first-order valence-electron chi connectivity index (χ1n) is 7.70. The largest absolute Gasteiger partial charge is 0.497 e. The lowest BCUT2D eigenvalue weighted by Gasteiger charge is -2.18. The van der Waals surface area contributed by atoms with Crippen molar-refractivity contribution in [3.05, 3.63) is 44.6 Å². The highest BCUT2D eigenvalue weighted by Gasteiger charge is 2.28. The van der Waals surface area contributed by atoms with Gasteiger partial charge in [0.1, 0.15) is 16.4 Å². The van der Waals surface area contributed by atoms with Crippen LogP contribution < -0.4 is 9.47 Å². The predicted molar refractivity (Wildman–Crippen MR) is 92.9 cm³/mol. The number of hydrogen-bond acceptors (Lipinski definition) is 6. The van der Waals surface area contributed by atoms with Crippen LogP contribution in [0.25, 0.3) is 0 Å². The van der Waals surface area contributed by atoms with Crippen molar-refractivity contribution >= 4 is 17.3 Å². The minimum atomic E-state index is -0.240. The molecule has 2 heterocycles. The Morgan fingerprint density at radius 3 is 2.62 bits per heavy atom. The number of hydrogen-bond donors (Lipinski definition) is 0. The summed E-state index contributed by atoms with van der Waals surface area (Å²) in [7, 11) is 4.75. The van der Waals surface area contributed by atoms with Crippen molar-refractivity contribution in [1.29, 1.82) is 0 Å². The standard InChI is InChI=1S/C18H21NO4S/c1-11-14-9-19(10-16(14)24-17(11)18(20)23-4)8-12-5-6-13(21-2)7-15(12)22-3/h5-7H,8-10H2,1-4H3. The van der Waals surface area contributed by atoms with Crippen LogP contribution in [0.15, 0.2) is 18.2 Å². The summed E-state index contributed by atoms with van der Waals surface area (Å²) in [5.41, 5.74) is 3.43. The van der Waals surface area contributed by atoms with Gasteiger partial charge in [-0.05, 0) is 24.1 Å². The Morgan fingerprint density at radius 1 is 1.21 bits per heavy atom. The molecule has 0 unspecified atom stereocenters. The van der Waals surface area contributed by atoms with E-state index in [1.165, 1.54) is 17.6 Å². The highest BCUT2D eigenvalue weighted by molar-refractivity contribution is 7.14. The number of nitrogens with zero attached hydrogens (tertiary/aromatic N) is 1.